The first-order valence-corrected chi connectivity index (χ1v) is 6.03. The first kappa shape index (κ1) is 15.4. The molecule has 0 heterocycles. The minimum atomic E-state index is -0.667. The van der Waals surface area contributed by atoms with E-state index in [0.29, 0.717) is 13.0 Å². The van der Waals surface area contributed by atoms with Gasteiger partial charge in [-0.25, -0.2) is 0 Å². The van der Waals surface area contributed by atoms with Gasteiger partial charge in [0.25, 0.3) is 0 Å². The molecule has 16 heavy (non-hydrogen) atoms. The van der Waals surface area contributed by atoms with Crippen molar-refractivity contribution in [2.75, 3.05) is 12.3 Å². The lowest BCUT2D eigenvalue weighted by atomic mass is 10.1. The van der Waals surface area contributed by atoms with Crippen molar-refractivity contribution in [2.45, 2.75) is 38.3 Å². The van der Waals surface area contributed by atoms with Crippen LogP contribution in [0.15, 0.2) is 0 Å². The third-order valence-electron chi connectivity index (χ3n) is 2.29. The van der Waals surface area contributed by atoms with Crippen molar-refractivity contribution in [3.63, 3.8) is 0 Å². The average Bonchev–Trinajstić information content (AvgIpc) is 2.26. The molecule has 0 saturated carbocycles. The Labute approximate surface area is 102 Å². The molecule has 0 spiro atoms. The van der Waals surface area contributed by atoms with Gasteiger partial charge in [-0.2, -0.15) is 12.6 Å². The van der Waals surface area contributed by atoms with Crippen molar-refractivity contribution in [1.29, 1.82) is 0 Å². The maximum absolute atomic E-state index is 11.5. The van der Waals surface area contributed by atoms with Crippen LogP contribution < -0.4 is 16.8 Å². The highest BCUT2D eigenvalue weighted by Crippen LogP contribution is 2.02. The number of thiol groups is 1. The lowest BCUT2D eigenvalue weighted by Gasteiger charge is -2.17. The molecule has 94 valence electrons. The average molecular weight is 247 g/mol. The molecule has 0 rings (SSSR count). The van der Waals surface area contributed by atoms with Crippen molar-refractivity contribution in [3.8, 4) is 0 Å². The fourth-order valence-electron chi connectivity index (χ4n) is 1.23. The summed E-state index contributed by atoms with van der Waals surface area (Å²) < 4.78 is 0. The molecule has 0 aromatic heterocycles. The number of hydrogen-bond acceptors (Lipinski definition) is 5. The zero-order valence-corrected chi connectivity index (χ0v) is 10.5. The molecule has 6 heteroatoms. The molecule has 2 atom stereocenters. The summed E-state index contributed by atoms with van der Waals surface area (Å²) in [5, 5.41) is 2.62. The van der Waals surface area contributed by atoms with Crippen LogP contribution in [0.5, 0.6) is 0 Å². The Morgan fingerprint density at radius 2 is 2.00 bits per heavy atom. The van der Waals surface area contributed by atoms with Crippen LogP contribution in [-0.4, -0.2) is 36.1 Å². The summed E-state index contributed by atoms with van der Waals surface area (Å²) in [6, 6.07) is -1.12. The number of rotatable bonds is 8. The second kappa shape index (κ2) is 8.55. The normalized spacial score (nSPS) is 14.2. The molecule has 1 amide bonds. The highest BCUT2D eigenvalue weighted by molar-refractivity contribution is 7.80. The van der Waals surface area contributed by atoms with Gasteiger partial charge < -0.3 is 16.8 Å². The number of carbonyl (C=O) groups excluding carboxylic acids is 2. The molecule has 0 aliphatic rings. The van der Waals surface area contributed by atoms with Crippen LogP contribution in [0, 0.1) is 0 Å². The van der Waals surface area contributed by atoms with E-state index < -0.39 is 12.1 Å². The van der Waals surface area contributed by atoms with Gasteiger partial charge in [0.2, 0.25) is 5.91 Å². The van der Waals surface area contributed by atoms with Crippen LogP contribution in [-0.2, 0) is 9.59 Å². The van der Waals surface area contributed by atoms with Crippen molar-refractivity contribution >= 4 is 24.3 Å². The molecule has 0 aromatic rings. The molecular formula is C10H21N3O2S. The molecule has 0 aromatic carbocycles. The number of nitrogens with one attached hydrogen (secondary N) is 1. The van der Waals surface area contributed by atoms with Crippen LogP contribution in [0.4, 0.5) is 0 Å². The lowest BCUT2D eigenvalue weighted by molar-refractivity contribution is -0.127. The summed E-state index contributed by atoms with van der Waals surface area (Å²) in [6.07, 6.45) is 2.27. The second-order valence-corrected chi connectivity index (χ2v) is 4.11. The van der Waals surface area contributed by atoms with E-state index in [-0.39, 0.29) is 17.4 Å². The van der Waals surface area contributed by atoms with E-state index in [1.165, 1.54) is 6.92 Å². The van der Waals surface area contributed by atoms with Gasteiger partial charge in [-0.3, -0.25) is 9.59 Å². The van der Waals surface area contributed by atoms with Gasteiger partial charge in [0.05, 0.1) is 12.1 Å². The Hall–Kier alpha value is -0.590. The quantitative estimate of drug-likeness (QED) is 0.341. The molecule has 0 aliphatic carbocycles. The zero-order chi connectivity index (χ0) is 12.6. The molecule has 5 nitrogen and oxygen atoms in total. The number of nitrogens with two attached hydrogens (primary N) is 2. The fraction of sp³-hybridized carbons (Fsp3) is 0.800. The summed E-state index contributed by atoms with van der Waals surface area (Å²) in [7, 11) is 0. The zero-order valence-electron chi connectivity index (χ0n) is 9.61. The largest absolute Gasteiger partial charge is 0.345 e. The number of carbonyl (C=O) groups is 2. The monoisotopic (exact) mass is 247 g/mol. The van der Waals surface area contributed by atoms with Crippen LogP contribution in [0.3, 0.4) is 0 Å². The Kier molecular flexibility index (Phi) is 8.23. The Morgan fingerprint density at radius 3 is 2.44 bits per heavy atom. The number of amides is 1. The summed E-state index contributed by atoms with van der Waals surface area (Å²) in [5.41, 5.74) is 10.9. The van der Waals surface area contributed by atoms with Crippen LogP contribution in [0.1, 0.15) is 26.2 Å². The van der Waals surface area contributed by atoms with Gasteiger partial charge in [0, 0.05) is 5.75 Å². The maximum atomic E-state index is 11.5. The van der Waals surface area contributed by atoms with Gasteiger partial charge in [0.1, 0.15) is 0 Å². The van der Waals surface area contributed by atoms with Crippen molar-refractivity contribution in [1.82, 2.24) is 5.32 Å². The third-order valence-corrected chi connectivity index (χ3v) is 2.68. The molecule has 0 fully saturated rings. The molecule has 0 aliphatic heterocycles. The van der Waals surface area contributed by atoms with E-state index in [2.05, 4.69) is 17.9 Å². The molecule has 5 N–H and O–H groups in total. The first-order valence-electron chi connectivity index (χ1n) is 5.40. The van der Waals surface area contributed by atoms with Gasteiger partial charge in [-0.05, 0) is 32.7 Å². The lowest BCUT2D eigenvalue weighted by Crippen LogP contribution is -2.48. The molecule has 0 unspecified atom stereocenters. The van der Waals surface area contributed by atoms with Gasteiger partial charge in [-0.15, -0.1) is 0 Å². The predicted octanol–water partition coefficient (Wildman–Crippen LogP) is -0.554. The summed E-state index contributed by atoms with van der Waals surface area (Å²) >= 11 is 3.93. The fourth-order valence-corrected chi connectivity index (χ4v) is 1.40. The SMILES string of the molecule is CC(=O)[C@H](CCCCN)NC(=O)[C@@H](N)CS. The van der Waals surface area contributed by atoms with Crippen molar-refractivity contribution in [2.24, 2.45) is 11.5 Å². The van der Waals surface area contributed by atoms with E-state index in [9.17, 15) is 9.59 Å². The van der Waals surface area contributed by atoms with Gasteiger partial charge in [0.15, 0.2) is 5.78 Å². The topological polar surface area (TPSA) is 98.2 Å². The molecular weight excluding hydrogens is 226 g/mol. The van der Waals surface area contributed by atoms with Crippen LogP contribution in [0.2, 0.25) is 0 Å². The Morgan fingerprint density at radius 1 is 1.38 bits per heavy atom. The molecule has 0 saturated heterocycles. The summed E-state index contributed by atoms with van der Waals surface area (Å²) in [4.78, 5) is 22.7. The van der Waals surface area contributed by atoms with Crippen LogP contribution in [0.25, 0.3) is 0 Å². The third kappa shape index (κ3) is 6.09. The van der Waals surface area contributed by atoms with E-state index in [1.807, 2.05) is 0 Å². The number of ketones is 1. The summed E-state index contributed by atoms with van der Waals surface area (Å²) in [5.74, 6) is -0.126. The van der Waals surface area contributed by atoms with Gasteiger partial charge >= 0.3 is 0 Å². The maximum Gasteiger partial charge on any atom is 0.238 e. The number of hydrogen-bond donors (Lipinski definition) is 4. The highest BCUT2D eigenvalue weighted by atomic mass is 32.1. The van der Waals surface area contributed by atoms with Crippen molar-refractivity contribution in [3.05, 3.63) is 0 Å². The Bertz CT molecular complexity index is 236. The van der Waals surface area contributed by atoms with E-state index in [1.54, 1.807) is 0 Å². The highest BCUT2D eigenvalue weighted by Gasteiger charge is 2.19. The Balaban J connectivity index is 4.12. The minimum Gasteiger partial charge on any atom is -0.345 e. The van der Waals surface area contributed by atoms with E-state index >= 15 is 0 Å². The number of Topliss-reactive ketones (excluding diaryl/α,β-unsaturated/α-hetero) is 1. The standard InChI is InChI=1S/C10H21N3O2S/c1-7(14)9(4-2-3-5-11)13-10(15)8(12)6-16/h8-9,16H,2-6,11-12H2,1H3,(H,13,15)/t8-,9-/m0/s1. The molecule has 0 bridgehead atoms. The van der Waals surface area contributed by atoms with E-state index in [0.717, 1.165) is 12.8 Å². The van der Waals surface area contributed by atoms with E-state index in [4.69, 9.17) is 11.5 Å². The molecule has 0 radical (unpaired) electrons. The van der Waals surface area contributed by atoms with Crippen molar-refractivity contribution < 1.29 is 9.59 Å². The van der Waals surface area contributed by atoms with Crippen LogP contribution >= 0.6 is 12.6 Å². The number of unbranched alkanes of at least 4 members (excludes halogenated alkanes) is 1. The smallest absolute Gasteiger partial charge is 0.238 e. The predicted molar refractivity (Wildman–Crippen MR) is 67.3 cm³/mol. The summed E-state index contributed by atoms with van der Waals surface area (Å²) in [6.45, 7) is 2.05. The van der Waals surface area contributed by atoms with Gasteiger partial charge in [-0.1, -0.05) is 0 Å². The minimum absolute atomic E-state index is 0.0586. The second-order valence-electron chi connectivity index (χ2n) is 3.75. The first-order chi connectivity index (χ1) is 7.52.